The molecule has 0 radical (unpaired) electrons. The summed E-state index contributed by atoms with van der Waals surface area (Å²) in [5.74, 6) is -1.04. The first-order valence-corrected chi connectivity index (χ1v) is 17.3. The molecule has 5 rings (SSSR count). The van der Waals surface area contributed by atoms with Crippen molar-refractivity contribution in [3.63, 3.8) is 0 Å². The van der Waals surface area contributed by atoms with Crippen molar-refractivity contribution in [2.24, 2.45) is 0 Å². The molecular formula is C37H40FN3O5S. The van der Waals surface area contributed by atoms with Crippen LogP contribution in [0.25, 0.3) is 0 Å². The van der Waals surface area contributed by atoms with E-state index in [0.717, 1.165) is 42.0 Å². The molecule has 1 saturated carbocycles. The van der Waals surface area contributed by atoms with Crippen LogP contribution in [0, 0.1) is 5.82 Å². The molecule has 10 heteroatoms. The van der Waals surface area contributed by atoms with E-state index < -0.39 is 34.3 Å². The van der Waals surface area contributed by atoms with Gasteiger partial charge >= 0.3 is 0 Å². The van der Waals surface area contributed by atoms with Gasteiger partial charge < -0.3 is 15.0 Å². The number of ether oxygens (including phenoxy) is 1. The molecule has 1 atom stereocenters. The summed E-state index contributed by atoms with van der Waals surface area (Å²) in [5, 5.41) is 3.16. The van der Waals surface area contributed by atoms with Gasteiger partial charge in [-0.3, -0.25) is 13.9 Å². The van der Waals surface area contributed by atoms with Gasteiger partial charge in [0.2, 0.25) is 11.8 Å². The number of methoxy groups -OCH3 is 1. The van der Waals surface area contributed by atoms with E-state index in [1.165, 1.54) is 42.3 Å². The molecule has 1 aliphatic carbocycles. The number of amides is 2. The van der Waals surface area contributed by atoms with Crippen molar-refractivity contribution in [1.82, 2.24) is 10.2 Å². The molecule has 0 unspecified atom stereocenters. The van der Waals surface area contributed by atoms with E-state index >= 15 is 4.39 Å². The molecule has 246 valence electrons. The van der Waals surface area contributed by atoms with Gasteiger partial charge in [0, 0.05) is 24.6 Å². The van der Waals surface area contributed by atoms with Gasteiger partial charge in [-0.15, -0.1) is 0 Å². The molecule has 4 aromatic carbocycles. The van der Waals surface area contributed by atoms with E-state index in [-0.39, 0.29) is 41.1 Å². The SMILES string of the molecule is COc1ccc(S(=O)(=O)N(CC(=O)N(Cc2ccccc2F)[C@H](Cc2ccccc2)C(=O)NC2CCCCC2)c2ccccc2)cc1. The Hall–Kier alpha value is -4.70. The third-order valence-corrected chi connectivity index (χ3v) is 10.3. The second kappa shape index (κ2) is 15.7. The van der Waals surface area contributed by atoms with Crippen LogP contribution in [-0.4, -0.2) is 50.9 Å². The predicted molar refractivity (Wildman–Crippen MR) is 180 cm³/mol. The summed E-state index contributed by atoms with van der Waals surface area (Å²) in [5.41, 5.74) is 1.30. The third kappa shape index (κ3) is 8.56. The first-order valence-electron chi connectivity index (χ1n) is 15.9. The van der Waals surface area contributed by atoms with Crippen molar-refractivity contribution in [1.29, 1.82) is 0 Å². The van der Waals surface area contributed by atoms with E-state index in [1.54, 1.807) is 48.5 Å². The molecule has 8 nitrogen and oxygen atoms in total. The maximum atomic E-state index is 15.1. The van der Waals surface area contributed by atoms with Crippen LogP contribution in [-0.2, 0) is 32.6 Å². The lowest BCUT2D eigenvalue weighted by Crippen LogP contribution is -2.55. The molecule has 0 spiro atoms. The zero-order chi connectivity index (χ0) is 33.2. The molecule has 0 aromatic heterocycles. The predicted octanol–water partition coefficient (Wildman–Crippen LogP) is 6.12. The van der Waals surface area contributed by atoms with Crippen LogP contribution in [0.4, 0.5) is 10.1 Å². The van der Waals surface area contributed by atoms with Crippen LogP contribution in [0.15, 0.2) is 114 Å². The van der Waals surface area contributed by atoms with E-state index in [9.17, 15) is 18.0 Å². The number of hydrogen-bond donors (Lipinski definition) is 1. The van der Waals surface area contributed by atoms with Gasteiger partial charge in [-0.25, -0.2) is 12.8 Å². The first-order chi connectivity index (χ1) is 22.8. The number of nitrogens with zero attached hydrogens (tertiary/aromatic N) is 2. The van der Waals surface area contributed by atoms with Crippen LogP contribution in [0.2, 0.25) is 0 Å². The molecule has 0 aliphatic heterocycles. The molecule has 2 amide bonds. The normalized spacial score (nSPS) is 14.2. The number of sulfonamides is 1. The Morgan fingerprint density at radius 2 is 1.47 bits per heavy atom. The summed E-state index contributed by atoms with van der Waals surface area (Å²) in [4.78, 5) is 30.0. The Balaban J connectivity index is 1.55. The van der Waals surface area contributed by atoms with Gasteiger partial charge in [-0.2, -0.15) is 0 Å². The van der Waals surface area contributed by atoms with Gasteiger partial charge in [-0.1, -0.05) is 86.0 Å². The summed E-state index contributed by atoms with van der Waals surface area (Å²) in [6.45, 7) is -0.846. The fraction of sp³-hybridized carbons (Fsp3) is 0.297. The second-order valence-electron chi connectivity index (χ2n) is 11.7. The molecule has 1 aliphatic rings. The summed E-state index contributed by atoms with van der Waals surface area (Å²) < 4.78 is 49.6. The average molecular weight is 658 g/mol. The quantitative estimate of drug-likeness (QED) is 0.187. The highest BCUT2D eigenvalue weighted by molar-refractivity contribution is 7.92. The zero-order valence-corrected chi connectivity index (χ0v) is 27.2. The number of nitrogens with one attached hydrogen (secondary N) is 1. The highest BCUT2D eigenvalue weighted by Crippen LogP contribution is 2.27. The van der Waals surface area contributed by atoms with Crippen LogP contribution in [0.3, 0.4) is 0 Å². The molecular weight excluding hydrogens is 617 g/mol. The zero-order valence-electron chi connectivity index (χ0n) is 26.4. The molecule has 1 N–H and O–H groups in total. The van der Waals surface area contributed by atoms with Gasteiger partial charge in [0.05, 0.1) is 17.7 Å². The summed E-state index contributed by atoms with van der Waals surface area (Å²) in [7, 11) is -2.78. The number of halogens is 1. The number of carbonyl (C=O) groups excluding carboxylic acids is 2. The number of benzene rings is 4. The lowest BCUT2D eigenvalue weighted by molar-refractivity contribution is -0.140. The van der Waals surface area contributed by atoms with E-state index in [2.05, 4.69) is 5.32 Å². The first kappa shape index (κ1) is 33.7. The van der Waals surface area contributed by atoms with Crippen molar-refractivity contribution in [3.8, 4) is 5.75 Å². The van der Waals surface area contributed by atoms with Crippen LogP contribution in [0.1, 0.15) is 43.2 Å². The Labute approximate surface area is 276 Å². The molecule has 47 heavy (non-hydrogen) atoms. The van der Waals surface area contributed by atoms with Crippen molar-refractivity contribution in [2.75, 3.05) is 18.0 Å². The van der Waals surface area contributed by atoms with E-state index in [4.69, 9.17) is 4.74 Å². The highest BCUT2D eigenvalue weighted by atomic mass is 32.2. The summed E-state index contributed by atoms with van der Waals surface area (Å²) in [6.07, 6.45) is 4.95. The monoisotopic (exact) mass is 657 g/mol. The fourth-order valence-corrected chi connectivity index (χ4v) is 7.32. The Kier molecular flexibility index (Phi) is 11.3. The maximum Gasteiger partial charge on any atom is 0.264 e. The standard InChI is InChI=1S/C37H40FN3O5S/c1-46-32-21-23-33(24-22-32)47(44,45)41(31-18-9-4-10-19-31)27-36(42)40(26-29-15-11-12-20-34(29)38)35(25-28-13-5-2-6-14-28)37(43)39-30-16-7-3-8-17-30/h2,4-6,9-15,18-24,30,35H,3,7-8,16-17,25-27H2,1H3,(H,39,43)/t35-/m1/s1. The fourth-order valence-electron chi connectivity index (χ4n) is 5.91. The van der Waals surface area contributed by atoms with Gasteiger partial charge in [-0.05, 0) is 60.9 Å². The average Bonchev–Trinajstić information content (AvgIpc) is 3.10. The number of para-hydroxylation sites is 1. The van der Waals surface area contributed by atoms with Crippen molar-refractivity contribution in [2.45, 2.75) is 62.0 Å². The van der Waals surface area contributed by atoms with Crippen LogP contribution >= 0.6 is 0 Å². The van der Waals surface area contributed by atoms with Gasteiger partial charge in [0.15, 0.2) is 0 Å². The summed E-state index contributed by atoms with van der Waals surface area (Å²) >= 11 is 0. The lowest BCUT2D eigenvalue weighted by atomic mass is 9.94. The third-order valence-electron chi connectivity index (χ3n) is 8.49. The van der Waals surface area contributed by atoms with Crippen LogP contribution < -0.4 is 14.4 Å². The minimum atomic E-state index is -4.26. The maximum absolute atomic E-state index is 15.1. The molecule has 1 fully saturated rings. The molecule has 4 aromatic rings. The Bertz CT molecular complexity index is 1730. The number of rotatable bonds is 13. The smallest absolute Gasteiger partial charge is 0.264 e. The van der Waals surface area contributed by atoms with Crippen molar-refractivity contribution >= 4 is 27.5 Å². The molecule has 0 heterocycles. The largest absolute Gasteiger partial charge is 0.497 e. The topological polar surface area (TPSA) is 96.0 Å². The van der Waals surface area contributed by atoms with Crippen molar-refractivity contribution in [3.05, 3.63) is 126 Å². The van der Waals surface area contributed by atoms with E-state index in [0.29, 0.717) is 5.75 Å². The minimum Gasteiger partial charge on any atom is -0.497 e. The summed E-state index contributed by atoms with van der Waals surface area (Å²) in [6, 6.07) is 28.6. The van der Waals surface area contributed by atoms with Crippen LogP contribution in [0.5, 0.6) is 5.75 Å². The Morgan fingerprint density at radius 1 is 0.851 bits per heavy atom. The Morgan fingerprint density at radius 3 is 2.11 bits per heavy atom. The second-order valence-corrected chi connectivity index (χ2v) is 13.5. The lowest BCUT2D eigenvalue weighted by Gasteiger charge is -2.35. The van der Waals surface area contributed by atoms with Gasteiger partial charge in [0.1, 0.15) is 24.2 Å². The number of carbonyl (C=O) groups is 2. The van der Waals surface area contributed by atoms with Crippen molar-refractivity contribution < 1.29 is 27.1 Å². The minimum absolute atomic E-state index is 0.0313. The van der Waals surface area contributed by atoms with E-state index in [1.807, 2.05) is 30.3 Å². The van der Waals surface area contributed by atoms with Gasteiger partial charge in [0.25, 0.3) is 10.0 Å². The molecule has 0 saturated heterocycles. The number of anilines is 1. The molecule has 0 bridgehead atoms. The number of hydrogen-bond acceptors (Lipinski definition) is 5. The highest BCUT2D eigenvalue weighted by Gasteiger charge is 2.35.